The van der Waals surface area contributed by atoms with Crippen LogP contribution in [0, 0.1) is 11.8 Å². The molecule has 0 saturated carbocycles. The predicted octanol–water partition coefficient (Wildman–Crippen LogP) is 8.19. The first-order chi connectivity index (χ1) is 21.2. The molecule has 252 valence electrons. The van der Waals surface area contributed by atoms with Crippen LogP contribution >= 0.6 is 0 Å². The molecule has 0 aliphatic heterocycles. The average molecular weight is 617 g/mol. The van der Waals surface area contributed by atoms with E-state index in [1.165, 1.54) is 38.5 Å². The third kappa shape index (κ3) is 17.8. The topological polar surface area (TPSA) is 105 Å². The number of carbonyl (C=O) groups excluding carboxylic acids is 3. The van der Waals surface area contributed by atoms with Gasteiger partial charge in [0.1, 0.15) is 12.1 Å². The van der Waals surface area contributed by atoms with E-state index in [2.05, 4.69) is 24.5 Å². The zero-order valence-corrected chi connectivity index (χ0v) is 28.5. The van der Waals surface area contributed by atoms with Gasteiger partial charge in [-0.25, -0.2) is 4.79 Å². The van der Waals surface area contributed by atoms with Crippen molar-refractivity contribution in [3.05, 3.63) is 35.9 Å². The number of hydrogen-bond acceptors (Lipinski definition) is 5. The maximum Gasteiger partial charge on any atom is 0.328 e. The van der Waals surface area contributed by atoms with Gasteiger partial charge >= 0.3 is 5.97 Å². The van der Waals surface area contributed by atoms with Crippen LogP contribution in [0.3, 0.4) is 0 Å². The van der Waals surface area contributed by atoms with E-state index < -0.39 is 30.1 Å². The monoisotopic (exact) mass is 616 g/mol. The van der Waals surface area contributed by atoms with Crippen molar-refractivity contribution in [2.45, 2.75) is 168 Å². The number of carbonyl (C=O) groups is 3. The summed E-state index contributed by atoms with van der Waals surface area (Å²) < 4.78 is 5.98. The molecular weight excluding hydrogens is 552 g/mol. The van der Waals surface area contributed by atoms with E-state index in [9.17, 15) is 19.5 Å². The molecule has 0 radical (unpaired) electrons. The second kappa shape index (κ2) is 24.9. The highest BCUT2D eigenvalue weighted by molar-refractivity contribution is 5.80. The van der Waals surface area contributed by atoms with Crippen LogP contribution in [-0.4, -0.2) is 41.6 Å². The lowest BCUT2D eigenvalue weighted by molar-refractivity contribution is -0.155. The van der Waals surface area contributed by atoms with Crippen LogP contribution in [0.5, 0.6) is 0 Å². The van der Waals surface area contributed by atoms with Crippen molar-refractivity contribution >= 4 is 18.3 Å². The SMILES string of the molecule is CCCCCCCCCCC[C@@H](C[C@H](O)[C@H](CCCCCC)C(=O)N[C@H](C)c1ccccc1)OC(=O)C(CC(C)C)NC=O. The van der Waals surface area contributed by atoms with Crippen molar-refractivity contribution in [1.82, 2.24) is 10.6 Å². The smallest absolute Gasteiger partial charge is 0.328 e. The van der Waals surface area contributed by atoms with Gasteiger partial charge in [0.25, 0.3) is 0 Å². The van der Waals surface area contributed by atoms with Crippen LogP contribution in [-0.2, 0) is 19.1 Å². The summed E-state index contributed by atoms with van der Waals surface area (Å²) in [7, 11) is 0. The fourth-order valence-electron chi connectivity index (χ4n) is 5.81. The number of ether oxygens (including phenoxy) is 1. The summed E-state index contributed by atoms with van der Waals surface area (Å²) >= 11 is 0. The normalized spacial score (nSPS) is 14.8. The second-order valence-electron chi connectivity index (χ2n) is 13.0. The number of benzene rings is 1. The van der Waals surface area contributed by atoms with E-state index in [0.717, 1.165) is 50.5 Å². The number of amides is 2. The molecule has 5 atom stereocenters. The number of unbranched alkanes of at least 4 members (excludes halogenated alkanes) is 11. The van der Waals surface area contributed by atoms with Gasteiger partial charge in [0.05, 0.1) is 18.1 Å². The molecule has 1 aromatic carbocycles. The molecule has 0 aliphatic carbocycles. The fraction of sp³-hybridized carbons (Fsp3) is 0.757. The standard InChI is InChI=1S/C37H64N2O5/c1-6-8-10-12-13-14-15-16-20-24-32(44-37(43)34(38-28-40)26-29(3)4)27-35(41)33(25-21-11-9-7-2)36(42)39-30(5)31-22-18-17-19-23-31/h17-19,22-23,28-30,32-35,41H,6-16,20-21,24-27H2,1-5H3,(H,38,40)(H,39,42)/t30-,32+,33+,34?,35+/m1/s1. The zero-order valence-electron chi connectivity index (χ0n) is 28.5. The molecule has 3 N–H and O–H groups in total. The summed E-state index contributed by atoms with van der Waals surface area (Å²) in [6.45, 7) is 10.3. The number of rotatable bonds is 27. The van der Waals surface area contributed by atoms with Crippen LogP contribution in [0.4, 0.5) is 0 Å². The molecule has 1 aromatic rings. The second-order valence-corrected chi connectivity index (χ2v) is 13.0. The Kier molecular flexibility index (Phi) is 22.4. The van der Waals surface area contributed by atoms with Crippen molar-refractivity contribution in [1.29, 1.82) is 0 Å². The van der Waals surface area contributed by atoms with Crippen molar-refractivity contribution in [2.24, 2.45) is 11.8 Å². The highest BCUT2D eigenvalue weighted by Crippen LogP contribution is 2.24. The highest BCUT2D eigenvalue weighted by Gasteiger charge is 2.32. The minimum absolute atomic E-state index is 0.168. The fourth-order valence-corrected chi connectivity index (χ4v) is 5.81. The third-order valence-corrected chi connectivity index (χ3v) is 8.51. The van der Waals surface area contributed by atoms with Gasteiger partial charge in [0, 0.05) is 6.42 Å². The molecule has 0 spiro atoms. The van der Waals surface area contributed by atoms with Gasteiger partial charge in [-0.1, -0.05) is 135 Å². The number of esters is 1. The number of aliphatic hydroxyl groups is 1. The molecule has 1 rings (SSSR count). The van der Waals surface area contributed by atoms with Gasteiger partial charge in [0.2, 0.25) is 12.3 Å². The first kappa shape index (κ1) is 39.6. The zero-order chi connectivity index (χ0) is 32.6. The minimum Gasteiger partial charge on any atom is -0.461 e. The number of nitrogens with one attached hydrogen (secondary N) is 2. The summed E-state index contributed by atoms with van der Waals surface area (Å²) in [5.41, 5.74) is 1.01. The Hall–Kier alpha value is -2.41. The summed E-state index contributed by atoms with van der Waals surface area (Å²) in [5, 5.41) is 17.2. The summed E-state index contributed by atoms with van der Waals surface area (Å²) in [6, 6.07) is 8.91. The van der Waals surface area contributed by atoms with E-state index in [1.807, 2.05) is 51.1 Å². The Morgan fingerprint density at radius 1 is 0.795 bits per heavy atom. The van der Waals surface area contributed by atoms with Crippen molar-refractivity contribution in [2.75, 3.05) is 0 Å². The van der Waals surface area contributed by atoms with Crippen molar-refractivity contribution in [3.63, 3.8) is 0 Å². The van der Waals surface area contributed by atoms with Gasteiger partial charge in [-0.15, -0.1) is 0 Å². The Morgan fingerprint density at radius 3 is 1.91 bits per heavy atom. The van der Waals surface area contributed by atoms with E-state index >= 15 is 0 Å². The molecule has 0 aliphatic rings. The first-order valence-electron chi connectivity index (χ1n) is 17.7. The maximum atomic E-state index is 13.5. The van der Waals surface area contributed by atoms with Gasteiger partial charge in [0.15, 0.2) is 0 Å². The Bertz CT molecular complexity index is 878. The van der Waals surface area contributed by atoms with Crippen molar-refractivity contribution < 1.29 is 24.2 Å². The lowest BCUT2D eigenvalue weighted by Gasteiger charge is -2.28. The Labute approximate surface area is 268 Å². The van der Waals surface area contributed by atoms with Crippen LogP contribution in [0.15, 0.2) is 30.3 Å². The molecule has 2 amide bonds. The predicted molar refractivity (Wildman–Crippen MR) is 180 cm³/mol. The summed E-state index contributed by atoms with van der Waals surface area (Å²) in [5.74, 6) is -1.04. The molecule has 0 aromatic heterocycles. The molecule has 0 heterocycles. The molecule has 0 saturated heterocycles. The van der Waals surface area contributed by atoms with Crippen molar-refractivity contribution in [3.8, 4) is 0 Å². The lowest BCUT2D eigenvalue weighted by Crippen LogP contribution is -2.43. The quantitative estimate of drug-likeness (QED) is 0.0525. The molecule has 7 heteroatoms. The Balaban J connectivity index is 2.95. The average Bonchev–Trinajstić information content (AvgIpc) is 2.99. The highest BCUT2D eigenvalue weighted by atomic mass is 16.5. The molecular formula is C37H64N2O5. The largest absolute Gasteiger partial charge is 0.461 e. The molecule has 1 unspecified atom stereocenters. The molecule has 44 heavy (non-hydrogen) atoms. The van der Waals surface area contributed by atoms with E-state index in [-0.39, 0.29) is 24.3 Å². The lowest BCUT2D eigenvalue weighted by atomic mass is 9.89. The van der Waals surface area contributed by atoms with Gasteiger partial charge < -0.3 is 20.5 Å². The summed E-state index contributed by atoms with van der Waals surface area (Å²) in [6.07, 6.45) is 15.6. The van der Waals surface area contributed by atoms with Crippen LogP contribution in [0.1, 0.15) is 155 Å². The molecule has 0 fully saturated rings. The van der Waals surface area contributed by atoms with Crippen LogP contribution in [0.2, 0.25) is 0 Å². The molecule has 0 bridgehead atoms. The van der Waals surface area contributed by atoms with Gasteiger partial charge in [-0.2, -0.15) is 0 Å². The van der Waals surface area contributed by atoms with Crippen LogP contribution < -0.4 is 10.6 Å². The third-order valence-electron chi connectivity index (χ3n) is 8.51. The van der Waals surface area contributed by atoms with E-state index in [4.69, 9.17) is 4.74 Å². The first-order valence-corrected chi connectivity index (χ1v) is 17.7. The Morgan fingerprint density at radius 2 is 1.34 bits per heavy atom. The minimum atomic E-state index is -0.946. The van der Waals surface area contributed by atoms with E-state index in [1.54, 1.807) is 0 Å². The number of aliphatic hydroxyl groups excluding tert-OH is 1. The molecule has 7 nitrogen and oxygen atoms in total. The van der Waals surface area contributed by atoms with Gasteiger partial charge in [-0.05, 0) is 44.1 Å². The maximum absolute atomic E-state index is 13.5. The van der Waals surface area contributed by atoms with E-state index in [0.29, 0.717) is 25.7 Å². The van der Waals surface area contributed by atoms with Gasteiger partial charge in [-0.3, -0.25) is 9.59 Å². The summed E-state index contributed by atoms with van der Waals surface area (Å²) in [4.78, 5) is 37.9. The van der Waals surface area contributed by atoms with Crippen LogP contribution in [0.25, 0.3) is 0 Å². The number of hydrogen-bond donors (Lipinski definition) is 3.